The van der Waals surface area contributed by atoms with Gasteiger partial charge in [-0.05, 0) is 42.3 Å². The van der Waals surface area contributed by atoms with Gasteiger partial charge in [0, 0.05) is 22.1 Å². The molecular formula is C16H16ClFOS. The van der Waals surface area contributed by atoms with Crippen molar-refractivity contribution in [1.29, 1.82) is 0 Å². The smallest absolute Gasteiger partial charge is 0.126 e. The first-order valence-electron chi connectivity index (χ1n) is 6.36. The molecule has 0 fully saturated rings. The summed E-state index contributed by atoms with van der Waals surface area (Å²) in [5, 5.41) is 10.5. The molecule has 1 atom stereocenters. The predicted molar refractivity (Wildman–Crippen MR) is 83.0 cm³/mol. The van der Waals surface area contributed by atoms with Crippen LogP contribution in [-0.4, -0.2) is 17.0 Å². The summed E-state index contributed by atoms with van der Waals surface area (Å²) < 4.78 is 13.6. The van der Waals surface area contributed by atoms with Crippen LogP contribution in [0.25, 0.3) is 0 Å². The molecule has 0 aliphatic rings. The number of hydrogen-bond donors (Lipinski definition) is 1. The molecule has 0 saturated heterocycles. The normalized spacial score (nSPS) is 12.4. The fraction of sp³-hybridized carbons (Fsp3) is 0.250. The Balaban J connectivity index is 1.94. The van der Waals surface area contributed by atoms with E-state index >= 15 is 0 Å². The molecule has 20 heavy (non-hydrogen) atoms. The molecule has 0 heterocycles. The van der Waals surface area contributed by atoms with Crippen molar-refractivity contribution in [2.45, 2.75) is 24.3 Å². The Morgan fingerprint density at radius 1 is 1.25 bits per heavy atom. The molecule has 4 heteroatoms. The zero-order valence-electron chi connectivity index (χ0n) is 11.1. The van der Waals surface area contributed by atoms with Crippen LogP contribution >= 0.6 is 23.4 Å². The molecule has 0 aliphatic heterocycles. The predicted octanol–water partition coefficient (Wildman–Crippen LogP) is 4.48. The van der Waals surface area contributed by atoms with Crippen molar-refractivity contribution in [1.82, 2.24) is 0 Å². The van der Waals surface area contributed by atoms with Crippen LogP contribution in [0.15, 0.2) is 47.4 Å². The van der Waals surface area contributed by atoms with Crippen LogP contribution < -0.4 is 0 Å². The highest BCUT2D eigenvalue weighted by atomic mass is 35.5. The Kier molecular flexibility index (Phi) is 5.46. The Morgan fingerprint density at radius 2 is 2.00 bits per heavy atom. The summed E-state index contributed by atoms with van der Waals surface area (Å²) in [6.07, 6.45) is -0.335. The molecule has 0 aliphatic carbocycles. The molecule has 1 N–H and O–H groups in total. The van der Waals surface area contributed by atoms with Crippen LogP contribution in [0.2, 0.25) is 5.02 Å². The third-order valence-corrected chi connectivity index (χ3v) is 4.54. The zero-order valence-corrected chi connectivity index (χ0v) is 12.7. The van der Waals surface area contributed by atoms with E-state index in [2.05, 4.69) is 0 Å². The lowest BCUT2D eigenvalue weighted by atomic mass is 10.1. The van der Waals surface area contributed by atoms with Crippen LogP contribution in [-0.2, 0) is 6.42 Å². The Morgan fingerprint density at radius 3 is 2.75 bits per heavy atom. The number of aliphatic hydroxyl groups excluding tert-OH is 1. The second-order valence-corrected chi connectivity index (χ2v) is 6.17. The van der Waals surface area contributed by atoms with Crippen LogP contribution in [0.1, 0.15) is 11.1 Å². The highest BCUT2D eigenvalue weighted by Gasteiger charge is 2.11. The molecule has 0 amide bonds. The van der Waals surface area contributed by atoms with Gasteiger partial charge in [-0.15, -0.1) is 11.8 Å². The van der Waals surface area contributed by atoms with Crippen molar-refractivity contribution in [3.05, 3.63) is 64.4 Å². The maximum atomic E-state index is 13.6. The van der Waals surface area contributed by atoms with Gasteiger partial charge in [0.15, 0.2) is 0 Å². The van der Waals surface area contributed by atoms with Gasteiger partial charge in [-0.25, -0.2) is 4.39 Å². The number of hydrogen-bond acceptors (Lipinski definition) is 2. The molecule has 2 aromatic carbocycles. The van der Waals surface area contributed by atoms with Crippen LogP contribution in [0, 0.1) is 12.7 Å². The number of halogens is 2. The highest BCUT2D eigenvalue weighted by molar-refractivity contribution is 7.99. The van der Waals surface area contributed by atoms with E-state index in [-0.39, 0.29) is 12.2 Å². The van der Waals surface area contributed by atoms with Crippen molar-refractivity contribution in [3.63, 3.8) is 0 Å². The number of rotatable bonds is 5. The molecule has 1 unspecified atom stereocenters. The minimum Gasteiger partial charge on any atom is -0.392 e. The first-order chi connectivity index (χ1) is 9.56. The number of aryl methyl sites for hydroxylation is 1. The van der Waals surface area contributed by atoms with E-state index < -0.39 is 6.10 Å². The fourth-order valence-corrected chi connectivity index (χ4v) is 3.07. The van der Waals surface area contributed by atoms with E-state index in [1.165, 1.54) is 17.7 Å². The topological polar surface area (TPSA) is 20.2 Å². The lowest BCUT2D eigenvalue weighted by Crippen LogP contribution is -2.14. The van der Waals surface area contributed by atoms with Crippen molar-refractivity contribution >= 4 is 23.4 Å². The summed E-state index contributed by atoms with van der Waals surface area (Å²) in [6, 6.07) is 12.4. The van der Waals surface area contributed by atoms with E-state index in [9.17, 15) is 9.50 Å². The summed E-state index contributed by atoms with van der Waals surface area (Å²) in [7, 11) is 0. The summed E-state index contributed by atoms with van der Waals surface area (Å²) in [4.78, 5) is 1.14. The second-order valence-electron chi connectivity index (χ2n) is 4.67. The third kappa shape index (κ3) is 4.23. The Bertz CT molecular complexity index is 588. The lowest BCUT2D eigenvalue weighted by Gasteiger charge is -2.12. The molecule has 2 rings (SSSR count). The molecule has 0 bridgehead atoms. The SMILES string of the molecule is Cc1ccccc1SCC(O)Cc1cc(Cl)ccc1F. The van der Waals surface area contributed by atoms with E-state index in [1.807, 2.05) is 31.2 Å². The average Bonchev–Trinajstić information content (AvgIpc) is 2.42. The molecule has 0 radical (unpaired) electrons. The average molecular weight is 311 g/mol. The number of aliphatic hydroxyl groups is 1. The maximum Gasteiger partial charge on any atom is 0.126 e. The Labute approximate surface area is 127 Å². The van der Waals surface area contributed by atoms with Gasteiger partial charge in [-0.3, -0.25) is 0 Å². The highest BCUT2D eigenvalue weighted by Crippen LogP contribution is 2.24. The van der Waals surface area contributed by atoms with E-state index in [0.29, 0.717) is 16.3 Å². The van der Waals surface area contributed by atoms with E-state index in [0.717, 1.165) is 4.90 Å². The van der Waals surface area contributed by atoms with E-state index in [4.69, 9.17) is 11.6 Å². The third-order valence-electron chi connectivity index (χ3n) is 2.99. The van der Waals surface area contributed by atoms with Gasteiger partial charge in [0.25, 0.3) is 0 Å². The van der Waals surface area contributed by atoms with Crippen molar-refractivity contribution < 1.29 is 9.50 Å². The molecule has 1 nitrogen and oxygen atoms in total. The summed E-state index contributed by atoms with van der Waals surface area (Å²) in [5.41, 5.74) is 1.63. The van der Waals surface area contributed by atoms with Crippen LogP contribution in [0.5, 0.6) is 0 Å². The maximum absolute atomic E-state index is 13.6. The molecule has 106 valence electrons. The fourth-order valence-electron chi connectivity index (χ4n) is 1.92. The summed E-state index contributed by atoms with van der Waals surface area (Å²) >= 11 is 7.42. The molecule has 2 aromatic rings. The van der Waals surface area contributed by atoms with Gasteiger partial charge in [0.05, 0.1) is 6.10 Å². The van der Waals surface area contributed by atoms with Gasteiger partial charge < -0.3 is 5.11 Å². The molecular weight excluding hydrogens is 295 g/mol. The minimum atomic E-state index is -0.604. The van der Waals surface area contributed by atoms with E-state index in [1.54, 1.807) is 17.8 Å². The molecule has 0 aromatic heterocycles. The van der Waals surface area contributed by atoms with Gasteiger partial charge >= 0.3 is 0 Å². The summed E-state index contributed by atoms with van der Waals surface area (Å²) in [6.45, 7) is 2.03. The van der Waals surface area contributed by atoms with Gasteiger partial charge in [0.1, 0.15) is 5.82 Å². The first-order valence-corrected chi connectivity index (χ1v) is 7.73. The second kappa shape index (κ2) is 7.11. The van der Waals surface area contributed by atoms with Gasteiger partial charge in [-0.1, -0.05) is 29.8 Å². The molecule has 0 saturated carbocycles. The van der Waals surface area contributed by atoms with Crippen molar-refractivity contribution in [3.8, 4) is 0 Å². The van der Waals surface area contributed by atoms with Crippen LogP contribution in [0.4, 0.5) is 4.39 Å². The minimum absolute atomic E-state index is 0.269. The number of benzene rings is 2. The van der Waals surface area contributed by atoms with Crippen molar-refractivity contribution in [2.75, 3.05) is 5.75 Å². The lowest BCUT2D eigenvalue weighted by molar-refractivity contribution is 0.198. The largest absolute Gasteiger partial charge is 0.392 e. The Hall–Kier alpha value is -1.03. The van der Waals surface area contributed by atoms with Crippen molar-refractivity contribution in [2.24, 2.45) is 0 Å². The number of thioether (sulfide) groups is 1. The van der Waals surface area contributed by atoms with Gasteiger partial charge in [-0.2, -0.15) is 0 Å². The van der Waals surface area contributed by atoms with Gasteiger partial charge in [0.2, 0.25) is 0 Å². The first kappa shape index (κ1) is 15.4. The quantitative estimate of drug-likeness (QED) is 0.822. The standard InChI is InChI=1S/C16H16ClFOS/c1-11-4-2-3-5-16(11)20-10-14(19)9-12-8-13(17)6-7-15(12)18/h2-8,14,19H,9-10H2,1H3. The molecule has 0 spiro atoms. The monoisotopic (exact) mass is 310 g/mol. The zero-order chi connectivity index (χ0) is 14.5. The van der Waals surface area contributed by atoms with Crippen LogP contribution in [0.3, 0.4) is 0 Å². The summed E-state index contributed by atoms with van der Waals surface area (Å²) in [5.74, 6) is 0.200.